The van der Waals surface area contributed by atoms with Gasteiger partial charge in [-0.05, 0) is 68.5 Å². The van der Waals surface area contributed by atoms with Gasteiger partial charge in [0.2, 0.25) is 0 Å². The highest BCUT2D eigenvalue weighted by molar-refractivity contribution is 8.00. The van der Waals surface area contributed by atoms with Crippen LogP contribution >= 0.6 is 11.8 Å². The van der Waals surface area contributed by atoms with Crippen LogP contribution in [0.5, 0.6) is 0 Å². The van der Waals surface area contributed by atoms with E-state index in [1.54, 1.807) is 22.8 Å². The number of thioether (sulfide) groups is 1. The van der Waals surface area contributed by atoms with Crippen LogP contribution in [0.1, 0.15) is 66.0 Å². The first-order valence-corrected chi connectivity index (χ1v) is 12.6. The van der Waals surface area contributed by atoms with Crippen molar-refractivity contribution < 1.29 is 9.59 Å². The van der Waals surface area contributed by atoms with Crippen molar-refractivity contribution in [1.82, 2.24) is 14.9 Å². The van der Waals surface area contributed by atoms with Gasteiger partial charge >= 0.3 is 0 Å². The van der Waals surface area contributed by atoms with Crippen molar-refractivity contribution in [2.45, 2.75) is 64.9 Å². The van der Waals surface area contributed by atoms with E-state index in [2.05, 4.69) is 5.32 Å². The molecule has 0 aliphatic rings. The zero-order chi connectivity index (χ0) is 25.0. The number of carbonyl (C=O) groups excluding carboxylic acids is 2. The maximum atomic E-state index is 13.4. The second-order valence-corrected chi connectivity index (χ2v) is 10.4. The van der Waals surface area contributed by atoms with Crippen molar-refractivity contribution in [1.29, 1.82) is 0 Å². The van der Waals surface area contributed by atoms with Crippen molar-refractivity contribution in [3.63, 3.8) is 0 Å². The number of amides is 1. The highest BCUT2D eigenvalue weighted by Crippen LogP contribution is 2.26. The Kier molecular flexibility index (Phi) is 8.31. The quantitative estimate of drug-likeness (QED) is 0.260. The molecule has 0 aliphatic heterocycles. The van der Waals surface area contributed by atoms with Crippen molar-refractivity contribution in [2.75, 3.05) is 6.54 Å². The topological polar surface area (TPSA) is 81.1 Å². The number of aromatic nitrogens is 2. The van der Waals surface area contributed by atoms with E-state index in [0.717, 1.165) is 17.5 Å². The lowest BCUT2D eigenvalue weighted by Gasteiger charge is -2.18. The van der Waals surface area contributed by atoms with Gasteiger partial charge in [-0.15, -0.1) is 0 Å². The van der Waals surface area contributed by atoms with Gasteiger partial charge in [0.15, 0.2) is 10.9 Å². The number of nitrogens with one attached hydrogen (secondary N) is 1. The Bertz CT molecular complexity index is 1280. The summed E-state index contributed by atoms with van der Waals surface area (Å²) in [6.45, 7) is 13.0. The molecule has 7 heteroatoms. The molecule has 1 amide bonds. The molecule has 1 atom stereocenters. The van der Waals surface area contributed by atoms with E-state index in [0.29, 0.717) is 40.3 Å². The molecule has 0 saturated carbocycles. The smallest absolute Gasteiger partial charge is 0.262 e. The van der Waals surface area contributed by atoms with Crippen LogP contribution in [0, 0.1) is 19.8 Å². The number of hydrogen-bond acceptors (Lipinski definition) is 5. The second-order valence-electron chi connectivity index (χ2n) is 9.12. The standard InChI is InChI=1S/C27H33N3O3S/c1-7-12-28-25(32)21-10-11-22-23(14-21)29-27(30(26(22)33)15-16(2)3)34-19(6)24(31)20-9-8-17(4)18(5)13-20/h8-11,13-14,16,19H,7,12,15H2,1-6H3,(H,28,32)/t19-/m0/s1. The van der Waals surface area contributed by atoms with Crippen LogP contribution in [0.25, 0.3) is 10.9 Å². The summed E-state index contributed by atoms with van der Waals surface area (Å²) in [6, 6.07) is 10.7. The summed E-state index contributed by atoms with van der Waals surface area (Å²) in [5.74, 6) is 0.0248. The first kappa shape index (κ1) is 25.7. The van der Waals surface area contributed by atoms with Crippen LogP contribution in [0.2, 0.25) is 0 Å². The summed E-state index contributed by atoms with van der Waals surface area (Å²) in [5, 5.41) is 3.38. The summed E-state index contributed by atoms with van der Waals surface area (Å²) in [7, 11) is 0. The second kappa shape index (κ2) is 11.0. The molecule has 0 aliphatic carbocycles. The van der Waals surface area contributed by atoms with Gasteiger partial charge in [0.05, 0.1) is 16.2 Å². The number of Topliss-reactive ketones (excluding diaryl/α,β-unsaturated/α-hetero) is 1. The number of carbonyl (C=O) groups is 2. The number of rotatable bonds is 9. The van der Waals surface area contributed by atoms with Crippen LogP contribution in [0.15, 0.2) is 46.3 Å². The molecule has 0 radical (unpaired) electrons. The van der Waals surface area contributed by atoms with Gasteiger partial charge in [-0.3, -0.25) is 19.0 Å². The monoisotopic (exact) mass is 479 g/mol. The SMILES string of the molecule is CCCNC(=O)c1ccc2c(=O)n(CC(C)C)c(S[C@@H](C)C(=O)c3ccc(C)c(C)c3)nc2c1. The average molecular weight is 480 g/mol. The Morgan fingerprint density at radius 3 is 2.38 bits per heavy atom. The van der Waals surface area contributed by atoms with Crippen molar-refractivity contribution in [3.8, 4) is 0 Å². The Hall–Kier alpha value is -2.93. The van der Waals surface area contributed by atoms with Crippen molar-refractivity contribution >= 4 is 34.4 Å². The van der Waals surface area contributed by atoms with E-state index in [1.807, 2.05) is 59.7 Å². The number of benzene rings is 2. The number of ketones is 1. The minimum absolute atomic E-state index is 0.00811. The van der Waals surface area contributed by atoms with E-state index in [4.69, 9.17) is 4.98 Å². The normalized spacial score (nSPS) is 12.2. The lowest BCUT2D eigenvalue weighted by molar-refractivity contribution is 0.0952. The van der Waals surface area contributed by atoms with Gasteiger partial charge in [0, 0.05) is 24.2 Å². The fourth-order valence-electron chi connectivity index (χ4n) is 3.64. The summed E-state index contributed by atoms with van der Waals surface area (Å²) >= 11 is 1.28. The molecular formula is C27H33N3O3S. The molecule has 1 aromatic heterocycles. The molecule has 1 heterocycles. The molecule has 3 rings (SSSR count). The summed E-state index contributed by atoms with van der Waals surface area (Å²) in [4.78, 5) is 43.7. The van der Waals surface area contributed by atoms with E-state index in [1.165, 1.54) is 11.8 Å². The summed E-state index contributed by atoms with van der Waals surface area (Å²) in [6.07, 6.45) is 0.838. The molecular weight excluding hydrogens is 446 g/mol. The zero-order valence-electron chi connectivity index (χ0n) is 20.8. The highest BCUT2D eigenvalue weighted by Gasteiger charge is 2.22. The molecule has 180 valence electrons. The largest absolute Gasteiger partial charge is 0.352 e. The Labute approximate surface area is 205 Å². The van der Waals surface area contributed by atoms with Gasteiger partial charge in [0.1, 0.15) is 0 Å². The molecule has 0 spiro atoms. The maximum Gasteiger partial charge on any atom is 0.262 e. The van der Waals surface area contributed by atoms with E-state index < -0.39 is 5.25 Å². The first-order chi connectivity index (χ1) is 16.1. The molecule has 0 unspecified atom stereocenters. The third-order valence-corrected chi connectivity index (χ3v) is 6.80. The molecule has 0 bridgehead atoms. The molecule has 1 N–H and O–H groups in total. The molecule has 2 aromatic carbocycles. The molecule has 3 aromatic rings. The minimum Gasteiger partial charge on any atom is -0.352 e. The Balaban J connectivity index is 2.02. The van der Waals surface area contributed by atoms with Crippen LogP contribution < -0.4 is 10.9 Å². The molecule has 0 fully saturated rings. The van der Waals surface area contributed by atoms with E-state index >= 15 is 0 Å². The molecule has 0 saturated heterocycles. The van der Waals surface area contributed by atoms with Crippen molar-refractivity contribution in [2.24, 2.45) is 5.92 Å². The van der Waals surface area contributed by atoms with Gasteiger partial charge in [-0.1, -0.05) is 44.7 Å². The number of fused-ring (bicyclic) bond motifs is 1. The van der Waals surface area contributed by atoms with Crippen LogP contribution in [-0.2, 0) is 6.54 Å². The first-order valence-electron chi connectivity index (χ1n) is 11.7. The lowest BCUT2D eigenvalue weighted by Crippen LogP contribution is -2.27. The predicted octanol–water partition coefficient (Wildman–Crippen LogP) is 5.17. The zero-order valence-corrected chi connectivity index (χ0v) is 21.6. The van der Waals surface area contributed by atoms with Gasteiger partial charge < -0.3 is 5.32 Å². The fourth-order valence-corrected chi connectivity index (χ4v) is 4.63. The van der Waals surface area contributed by atoms with Gasteiger partial charge in [0.25, 0.3) is 11.5 Å². The third-order valence-electron chi connectivity index (χ3n) is 5.71. The van der Waals surface area contributed by atoms with E-state index in [9.17, 15) is 14.4 Å². The predicted molar refractivity (Wildman–Crippen MR) is 139 cm³/mol. The maximum absolute atomic E-state index is 13.4. The third kappa shape index (κ3) is 5.76. The lowest BCUT2D eigenvalue weighted by atomic mass is 10.0. The average Bonchev–Trinajstić information content (AvgIpc) is 2.80. The number of nitrogens with zero attached hydrogens (tertiary/aromatic N) is 2. The summed E-state index contributed by atoms with van der Waals surface area (Å²) in [5.41, 5.74) is 3.62. The van der Waals surface area contributed by atoms with E-state index in [-0.39, 0.29) is 23.2 Å². The Morgan fingerprint density at radius 1 is 1.03 bits per heavy atom. The van der Waals surface area contributed by atoms with Crippen LogP contribution in [0.4, 0.5) is 0 Å². The summed E-state index contributed by atoms with van der Waals surface area (Å²) < 4.78 is 1.65. The highest BCUT2D eigenvalue weighted by atomic mass is 32.2. The minimum atomic E-state index is -0.430. The molecule has 6 nitrogen and oxygen atoms in total. The fraction of sp³-hybridized carbons (Fsp3) is 0.407. The Morgan fingerprint density at radius 2 is 1.74 bits per heavy atom. The van der Waals surface area contributed by atoms with Crippen LogP contribution in [0.3, 0.4) is 0 Å². The number of hydrogen-bond donors (Lipinski definition) is 1. The molecule has 34 heavy (non-hydrogen) atoms. The number of aryl methyl sites for hydroxylation is 2. The van der Waals surface area contributed by atoms with Gasteiger partial charge in [-0.25, -0.2) is 4.98 Å². The van der Waals surface area contributed by atoms with Crippen molar-refractivity contribution in [3.05, 3.63) is 69.0 Å². The van der Waals surface area contributed by atoms with Gasteiger partial charge in [-0.2, -0.15) is 0 Å². The van der Waals surface area contributed by atoms with Crippen LogP contribution in [-0.4, -0.2) is 33.0 Å².